The lowest BCUT2D eigenvalue weighted by Gasteiger charge is -2.14. The van der Waals surface area contributed by atoms with Gasteiger partial charge in [-0.15, -0.1) is 10.2 Å². The lowest BCUT2D eigenvalue weighted by atomic mass is 10.2. The normalized spacial score (nSPS) is 21.1. The fourth-order valence-electron chi connectivity index (χ4n) is 2.97. The molecular weight excluding hydrogens is 434 g/mol. The Kier molecular flexibility index (Phi) is 6.38. The average molecular weight is 454 g/mol. The monoisotopic (exact) mass is 453 g/mol. The van der Waals surface area contributed by atoms with Gasteiger partial charge < -0.3 is 10.6 Å². The second-order valence-electron chi connectivity index (χ2n) is 6.86. The van der Waals surface area contributed by atoms with Crippen LogP contribution in [0.5, 0.6) is 0 Å². The Morgan fingerprint density at radius 3 is 2.61 bits per heavy atom. The minimum absolute atomic E-state index is 0.0183. The van der Waals surface area contributed by atoms with Crippen molar-refractivity contribution in [1.82, 2.24) is 5.32 Å². The number of rotatable bonds is 5. The molecule has 31 heavy (non-hydrogen) atoms. The first kappa shape index (κ1) is 21.1. The molecular formula is C21H19N5O3S2. The number of carbonyl (C=O) groups excluding carboxylic acids is 3. The van der Waals surface area contributed by atoms with Crippen LogP contribution in [0.25, 0.3) is 0 Å². The predicted octanol–water partition coefficient (Wildman–Crippen LogP) is 3.60. The van der Waals surface area contributed by atoms with Crippen molar-refractivity contribution >= 4 is 63.0 Å². The number of hydrogen-bond acceptors (Lipinski definition) is 7. The third-order valence-electron chi connectivity index (χ3n) is 4.52. The maximum atomic E-state index is 12.3. The highest BCUT2D eigenvalue weighted by atomic mass is 32.2. The molecule has 0 radical (unpaired) electrons. The number of amides is 3. The molecule has 2 fully saturated rings. The number of amidine groups is 2. The summed E-state index contributed by atoms with van der Waals surface area (Å²) in [6.07, 6.45) is 0.0183. The maximum Gasteiger partial charge on any atom is 0.292 e. The summed E-state index contributed by atoms with van der Waals surface area (Å²) in [7, 11) is 0. The van der Waals surface area contributed by atoms with Crippen molar-refractivity contribution in [3.8, 4) is 0 Å². The van der Waals surface area contributed by atoms with Gasteiger partial charge in [0.25, 0.3) is 5.24 Å². The van der Waals surface area contributed by atoms with Crippen LogP contribution in [0.3, 0.4) is 0 Å². The average Bonchev–Trinajstić information content (AvgIpc) is 3.30. The largest absolute Gasteiger partial charge is 0.326 e. The second-order valence-corrected chi connectivity index (χ2v) is 8.98. The van der Waals surface area contributed by atoms with E-state index in [1.807, 2.05) is 61.5 Å². The fourth-order valence-corrected chi connectivity index (χ4v) is 4.67. The lowest BCUT2D eigenvalue weighted by Crippen LogP contribution is -2.29. The molecule has 2 N–H and O–H groups in total. The molecule has 0 aromatic heterocycles. The van der Waals surface area contributed by atoms with Crippen molar-refractivity contribution in [1.29, 1.82) is 0 Å². The highest BCUT2D eigenvalue weighted by Crippen LogP contribution is 2.28. The first-order chi connectivity index (χ1) is 15.0. The van der Waals surface area contributed by atoms with Gasteiger partial charge in [-0.05, 0) is 31.2 Å². The number of nitrogens with zero attached hydrogens (tertiary/aromatic N) is 3. The Morgan fingerprint density at radius 2 is 1.87 bits per heavy atom. The van der Waals surface area contributed by atoms with Crippen LogP contribution in [-0.2, 0) is 9.59 Å². The number of hydrogen-bond donors (Lipinski definition) is 2. The van der Waals surface area contributed by atoms with Crippen LogP contribution in [0, 0.1) is 6.92 Å². The Hall–Kier alpha value is -3.11. The van der Waals surface area contributed by atoms with Gasteiger partial charge in [0.2, 0.25) is 11.8 Å². The zero-order valence-electron chi connectivity index (χ0n) is 16.6. The quantitative estimate of drug-likeness (QED) is 0.674. The molecule has 0 bridgehead atoms. The zero-order valence-corrected chi connectivity index (χ0v) is 18.2. The van der Waals surface area contributed by atoms with Gasteiger partial charge in [0.15, 0.2) is 5.17 Å². The van der Waals surface area contributed by atoms with Crippen LogP contribution in [-0.4, -0.2) is 39.1 Å². The van der Waals surface area contributed by atoms with Crippen LogP contribution in [0.1, 0.15) is 12.0 Å². The molecule has 158 valence electrons. The van der Waals surface area contributed by atoms with E-state index in [-0.39, 0.29) is 23.5 Å². The molecule has 2 aliphatic rings. The number of benzene rings is 2. The van der Waals surface area contributed by atoms with Crippen molar-refractivity contribution in [3.63, 3.8) is 0 Å². The van der Waals surface area contributed by atoms with E-state index in [0.29, 0.717) is 28.1 Å². The fraction of sp³-hybridized carbons (Fsp3) is 0.190. The van der Waals surface area contributed by atoms with E-state index in [1.54, 1.807) is 0 Å². The number of carbonyl (C=O) groups is 3. The molecule has 2 aromatic carbocycles. The van der Waals surface area contributed by atoms with Gasteiger partial charge in [-0.25, -0.2) is 0 Å². The third kappa shape index (κ3) is 5.15. The van der Waals surface area contributed by atoms with Crippen LogP contribution in [0.4, 0.5) is 16.2 Å². The molecule has 2 aromatic rings. The van der Waals surface area contributed by atoms with E-state index in [4.69, 9.17) is 0 Å². The van der Waals surface area contributed by atoms with E-state index in [9.17, 15) is 14.4 Å². The first-order valence-electron chi connectivity index (χ1n) is 9.50. The van der Waals surface area contributed by atoms with Crippen molar-refractivity contribution < 1.29 is 14.4 Å². The molecule has 4 rings (SSSR count). The molecule has 2 aliphatic heterocycles. The summed E-state index contributed by atoms with van der Waals surface area (Å²) >= 11 is 2.29. The highest BCUT2D eigenvalue weighted by Gasteiger charge is 2.33. The summed E-state index contributed by atoms with van der Waals surface area (Å²) in [6.45, 7) is 1.97. The lowest BCUT2D eigenvalue weighted by molar-refractivity contribution is -0.122. The molecule has 2 saturated heterocycles. The number of thioether (sulfide) groups is 2. The smallest absolute Gasteiger partial charge is 0.292 e. The van der Waals surface area contributed by atoms with Crippen LogP contribution >= 0.6 is 23.5 Å². The predicted molar refractivity (Wildman–Crippen MR) is 126 cm³/mol. The summed E-state index contributed by atoms with van der Waals surface area (Å²) in [4.78, 5) is 38.2. The van der Waals surface area contributed by atoms with Gasteiger partial charge in [0.1, 0.15) is 11.1 Å². The molecule has 2 heterocycles. The maximum absolute atomic E-state index is 12.3. The van der Waals surface area contributed by atoms with Crippen molar-refractivity contribution in [2.45, 2.75) is 18.6 Å². The standard InChI is InChI=1S/C21H19N5O3S2/c1-13-7-9-14(10-8-13)22-18(27)11-16-19(28)23-20(31-16)25-24-17-12-30-21(29)26(17)15-5-3-2-4-6-15/h2-10,16H,11-12H2,1H3,(H,22,27)(H,23,25,28)/b24-17+. The molecule has 0 aliphatic carbocycles. The van der Waals surface area contributed by atoms with Gasteiger partial charge in [-0.1, -0.05) is 59.4 Å². The minimum Gasteiger partial charge on any atom is -0.326 e. The Bertz CT molecular complexity index is 1070. The molecule has 0 spiro atoms. The van der Waals surface area contributed by atoms with E-state index < -0.39 is 5.25 Å². The van der Waals surface area contributed by atoms with E-state index in [0.717, 1.165) is 29.1 Å². The van der Waals surface area contributed by atoms with Gasteiger partial charge >= 0.3 is 0 Å². The summed E-state index contributed by atoms with van der Waals surface area (Å²) in [5.74, 6) is 0.340. The Balaban J connectivity index is 1.40. The summed E-state index contributed by atoms with van der Waals surface area (Å²) in [5, 5.41) is 13.3. The summed E-state index contributed by atoms with van der Waals surface area (Å²) in [6, 6.07) is 16.6. The summed E-state index contributed by atoms with van der Waals surface area (Å²) in [5.41, 5.74) is 2.49. The highest BCUT2D eigenvalue weighted by molar-refractivity contribution is 8.15. The minimum atomic E-state index is -0.589. The Morgan fingerprint density at radius 1 is 1.13 bits per heavy atom. The number of aryl methyl sites for hydroxylation is 1. The van der Waals surface area contributed by atoms with Gasteiger partial charge in [0, 0.05) is 12.1 Å². The van der Waals surface area contributed by atoms with E-state index in [2.05, 4.69) is 20.8 Å². The molecule has 10 heteroatoms. The summed E-state index contributed by atoms with van der Waals surface area (Å²) < 4.78 is 0. The van der Waals surface area contributed by atoms with Gasteiger partial charge in [0.05, 0.1) is 11.4 Å². The third-order valence-corrected chi connectivity index (χ3v) is 6.42. The SMILES string of the molecule is Cc1ccc(NC(=O)CC2S/C(=N/N=C3\CSC(=O)N3c3ccccc3)NC2=O)cc1. The second kappa shape index (κ2) is 9.36. The van der Waals surface area contributed by atoms with Crippen molar-refractivity contribution in [2.75, 3.05) is 16.0 Å². The van der Waals surface area contributed by atoms with Gasteiger partial charge in [-0.3, -0.25) is 19.3 Å². The number of anilines is 2. The molecule has 1 atom stereocenters. The zero-order chi connectivity index (χ0) is 21.8. The van der Waals surface area contributed by atoms with Crippen molar-refractivity contribution in [3.05, 3.63) is 60.2 Å². The molecule has 1 unspecified atom stereocenters. The van der Waals surface area contributed by atoms with Crippen LogP contribution < -0.4 is 15.5 Å². The van der Waals surface area contributed by atoms with E-state index >= 15 is 0 Å². The number of para-hydroxylation sites is 1. The first-order valence-corrected chi connectivity index (χ1v) is 11.4. The topological polar surface area (TPSA) is 103 Å². The molecule has 0 saturated carbocycles. The molecule has 8 nitrogen and oxygen atoms in total. The Labute approximate surface area is 187 Å². The van der Waals surface area contributed by atoms with Crippen molar-refractivity contribution in [2.24, 2.45) is 10.2 Å². The number of nitrogens with one attached hydrogen (secondary N) is 2. The van der Waals surface area contributed by atoms with E-state index in [1.165, 1.54) is 4.90 Å². The molecule has 3 amide bonds. The van der Waals surface area contributed by atoms with Gasteiger partial charge in [-0.2, -0.15) is 0 Å². The van der Waals surface area contributed by atoms with Crippen LogP contribution in [0.2, 0.25) is 0 Å². The van der Waals surface area contributed by atoms with Crippen LogP contribution in [0.15, 0.2) is 64.8 Å².